The van der Waals surface area contributed by atoms with E-state index >= 15 is 0 Å². The number of nitrogens with zero attached hydrogens (tertiary/aromatic N) is 3. The quantitative estimate of drug-likeness (QED) is 0.462. The number of carbonyl (C=O) groups excluding carboxylic acids is 1. The van der Waals surface area contributed by atoms with Gasteiger partial charge in [0.1, 0.15) is 10.8 Å². The summed E-state index contributed by atoms with van der Waals surface area (Å²) in [6.07, 6.45) is 5.23. The Morgan fingerprint density at radius 3 is 2.62 bits per heavy atom. The standard InChI is InChI=1S/C26H31N3O2S/c1-20(26-27-13-16-32-26)28(2)18-23-17-22(21-9-5-3-6-10-21)11-12-24(23)31-19-25(30)29-14-7-4-8-15-29/h3,5-6,9-13,16-17,20H,4,7-8,14-15,18-19H2,1-2H3. The molecule has 2 aromatic carbocycles. The molecule has 0 aliphatic carbocycles. The summed E-state index contributed by atoms with van der Waals surface area (Å²) in [7, 11) is 2.10. The first-order valence-electron chi connectivity index (χ1n) is 11.3. The zero-order valence-corrected chi connectivity index (χ0v) is 19.7. The molecular weight excluding hydrogens is 418 g/mol. The maximum absolute atomic E-state index is 12.6. The third-order valence-electron chi connectivity index (χ3n) is 6.12. The van der Waals surface area contributed by atoms with Crippen molar-refractivity contribution in [2.24, 2.45) is 0 Å². The molecule has 5 nitrogen and oxygen atoms in total. The summed E-state index contributed by atoms with van der Waals surface area (Å²) in [6, 6.07) is 16.8. The topological polar surface area (TPSA) is 45.7 Å². The van der Waals surface area contributed by atoms with Crippen LogP contribution in [0, 0.1) is 0 Å². The fourth-order valence-electron chi connectivity index (χ4n) is 4.06. The summed E-state index contributed by atoms with van der Waals surface area (Å²) in [5.41, 5.74) is 3.38. The Morgan fingerprint density at radius 2 is 1.91 bits per heavy atom. The van der Waals surface area contributed by atoms with Gasteiger partial charge in [0, 0.05) is 36.8 Å². The van der Waals surface area contributed by atoms with Crippen LogP contribution >= 0.6 is 11.3 Å². The van der Waals surface area contributed by atoms with Crippen LogP contribution in [0.4, 0.5) is 0 Å². The van der Waals surface area contributed by atoms with Crippen molar-refractivity contribution in [1.82, 2.24) is 14.8 Å². The van der Waals surface area contributed by atoms with Gasteiger partial charge in [-0.15, -0.1) is 11.3 Å². The van der Waals surface area contributed by atoms with Crippen molar-refractivity contribution in [2.75, 3.05) is 26.7 Å². The van der Waals surface area contributed by atoms with Gasteiger partial charge >= 0.3 is 0 Å². The maximum Gasteiger partial charge on any atom is 0.260 e. The zero-order chi connectivity index (χ0) is 22.3. The van der Waals surface area contributed by atoms with Crippen molar-refractivity contribution in [1.29, 1.82) is 0 Å². The van der Waals surface area contributed by atoms with Crippen LogP contribution in [0.5, 0.6) is 5.75 Å². The third-order valence-corrected chi connectivity index (χ3v) is 7.06. The number of benzene rings is 2. The van der Waals surface area contributed by atoms with E-state index in [9.17, 15) is 4.79 Å². The molecule has 0 saturated carbocycles. The van der Waals surface area contributed by atoms with E-state index in [-0.39, 0.29) is 18.6 Å². The summed E-state index contributed by atoms with van der Waals surface area (Å²) in [4.78, 5) is 21.3. The predicted molar refractivity (Wildman–Crippen MR) is 130 cm³/mol. The van der Waals surface area contributed by atoms with E-state index in [2.05, 4.69) is 48.1 Å². The molecule has 6 heteroatoms. The number of aromatic nitrogens is 1. The number of likely N-dealkylation sites (tertiary alicyclic amines) is 1. The van der Waals surface area contributed by atoms with E-state index in [1.54, 1.807) is 11.3 Å². The molecular formula is C26H31N3O2S. The molecule has 0 radical (unpaired) electrons. The fourth-order valence-corrected chi connectivity index (χ4v) is 4.82. The lowest BCUT2D eigenvalue weighted by molar-refractivity contribution is -0.134. The monoisotopic (exact) mass is 449 g/mol. The Bertz CT molecular complexity index is 1000. The number of hydrogen-bond donors (Lipinski definition) is 0. The van der Waals surface area contributed by atoms with Crippen molar-refractivity contribution in [3.63, 3.8) is 0 Å². The van der Waals surface area contributed by atoms with E-state index in [0.29, 0.717) is 6.54 Å². The van der Waals surface area contributed by atoms with Gasteiger partial charge in [0.15, 0.2) is 6.61 Å². The fraction of sp³-hybridized carbons (Fsp3) is 0.385. The van der Waals surface area contributed by atoms with Crippen LogP contribution in [0.3, 0.4) is 0 Å². The van der Waals surface area contributed by atoms with Crippen molar-refractivity contribution >= 4 is 17.2 Å². The molecule has 2 heterocycles. The average Bonchev–Trinajstić information content (AvgIpc) is 3.38. The number of piperidine rings is 1. The Labute approximate surface area is 194 Å². The number of amides is 1. The van der Waals surface area contributed by atoms with E-state index in [1.165, 1.54) is 12.0 Å². The first kappa shape index (κ1) is 22.5. The third kappa shape index (κ3) is 5.56. The zero-order valence-electron chi connectivity index (χ0n) is 18.9. The van der Waals surface area contributed by atoms with Crippen molar-refractivity contribution in [3.05, 3.63) is 70.7 Å². The first-order valence-corrected chi connectivity index (χ1v) is 12.2. The molecule has 1 aromatic heterocycles. The molecule has 1 fully saturated rings. The second kappa shape index (κ2) is 10.7. The van der Waals surface area contributed by atoms with Gasteiger partial charge < -0.3 is 9.64 Å². The van der Waals surface area contributed by atoms with E-state index in [1.807, 2.05) is 40.7 Å². The second-order valence-corrected chi connectivity index (χ2v) is 9.31. The molecule has 1 unspecified atom stereocenters. The highest BCUT2D eigenvalue weighted by Gasteiger charge is 2.20. The van der Waals surface area contributed by atoms with Gasteiger partial charge in [-0.1, -0.05) is 36.4 Å². The molecule has 0 bridgehead atoms. The predicted octanol–water partition coefficient (Wildman–Crippen LogP) is 5.39. The minimum absolute atomic E-state index is 0.0762. The lowest BCUT2D eigenvalue weighted by Gasteiger charge is -2.27. The van der Waals surface area contributed by atoms with Crippen LogP contribution < -0.4 is 4.74 Å². The highest BCUT2D eigenvalue weighted by atomic mass is 32.1. The maximum atomic E-state index is 12.6. The Balaban J connectivity index is 1.53. The van der Waals surface area contributed by atoms with Crippen molar-refractivity contribution in [2.45, 2.75) is 38.8 Å². The number of carbonyl (C=O) groups is 1. The Morgan fingerprint density at radius 1 is 1.12 bits per heavy atom. The molecule has 1 aliphatic heterocycles. The minimum Gasteiger partial charge on any atom is -0.483 e. The van der Waals surface area contributed by atoms with Gasteiger partial charge in [-0.3, -0.25) is 9.69 Å². The molecule has 0 N–H and O–H groups in total. The molecule has 4 rings (SSSR count). The molecule has 0 spiro atoms. The summed E-state index contributed by atoms with van der Waals surface area (Å²) >= 11 is 1.67. The van der Waals surface area contributed by atoms with E-state index in [0.717, 1.165) is 47.8 Å². The SMILES string of the molecule is CC(c1nccs1)N(C)Cc1cc(-c2ccccc2)ccc1OCC(=O)N1CCCCC1. The van der Waals surface area contributed by atoms with Crippen LogP contribution in [0.25, 0.3) is 11.1 Å². The van der Waals surface area contributed by atoms with Crippen LogP contribution in [-0.2, 0) is 11.3 Å². The molecule has 1 saturated heterocycles. The number of ether oxygens (including phenoxy) is 1. The van der Waals surface area contributed by atoms with Gasteiger partial charge in [0.2, 0.25) is 0 Å². The summed E-state index contributed by atoms with van der Waals surface area (Å²) < 4.78 is 6.08. The Kier molecular flexibility index (Phi) is 7.55. The van der Waals surface area contributed by atoms with Gasteiger partial charge in [0.25, 0.3) is 5.91 Å². The highest BCUT2D eigenvalue weighted by molar-refractivity contribution is 7.09. The second-order valence-electron chi connectivity index (χ2n) is 8.38. The molecule has 1 atom stereocenters. The lowest BCUT2D eigenvalue weighted by Crippen LogP contribution is -2.38. The molecule has 1 aliphatic rings. The van der Waals surface area contributed by atoms with Gasteiger partial charge in [-0.25, -0.2) is 4.98 Å². The minimum atomic E-state index is 0.0762. The van der Waals surface area contributed by atoms with E-state index in [4.69, 9.17) is 4.74 Å². The van der Waals surface area contributed by atoms with Crippen LogP contribution in [-0.4, -0.2) is 47.4 Å². The first-order chi connectivity index (χ1) is 15.6. The van der Waals surface area contributed by atoms with Crippen LogP contribution in [0.1, 0.15) is 42.8 Å². The number of thiazole rings is 1. The number of rotatable bonds is 8. The van der Waals surface area contributed by atoms with Crippen molar-refractivity contribution in [3.8, 4) is 16.9 Å². The van der Waals surface area contributed by atoms with Crippen LogP contribution in [0.2, 0.25) is 0 Å². The summed E-state index contributed by atoms with van der Waals surface area (Å²) in [6.45, 7) is 4.64. The summed E-state index contributed by atoms with van der Waals surface area (Å²) in [5.74, 6) is 0.848. The largest absolute Gasteiger partial charge is 0.483 e. The van der Waals surface area contributed by atoms with Gasteiger partial charge in [-0.05, 0) is 56.5 Å². The molecule has 1 amide bonds. The van der Waals surface area contributed by atoms with Crippen molar-refractivity contribution < 1.29 is 9.53 Å². The highest BCUT2D eigenvalue weighted by Crippen LogP contribution is 2.30. The average molecular weight is 450 g/mol. The van der Waals surface area contributed by atoms with E-state index < -0.39 is 0 Å². The van der Waals surface area contributed by atoms with Gasteiger partial charge in [0.05, 0.1) is 6.04 Å². The Hall–Kier alpha value is -2.70. The van der Waals surface area contributed by atoms with Crippen LogP contribution in [0.15, 0.2) is 60.1 Å². The normalized spacial score (nSPS) is 15.0. The molecule has 168 valence electrons. The smallest absolute Gasteiger partial charge is 0.260 e. The molecule has 3 aromatic rings. The number of hydrogen-bond acceptors (Lipinski definition) is 5. The van der Waals surface area contributed by atoms with Gasteiger partial charge in [-0.2, -0.15) is 0 Å². The molecule has 32 heavy (non-hydrogen) atoms. The summed E-state index contributed by atoms with van der Waals surface area (Å²) in [5, 5.41) is 3.10. The lowest BCUT2D eigenvalue weighted by atomic mass is 10.0.